The van der Waals surface area contributed by atoms with E-state index in [1.165, 1.54) is 6.07 Å². The summed E-state index contributed by atoms with van der Waals surface area (Å²) in [6.07, 6.45) is 1.89. The molecule has 0 radical (unpaired) electrons. The summed E-state index contributed by atoms with van der Waals surface area (Å²) in [4.78, 5) is 31.3. The quantitative estimate of drug-likeness (QED) is 0.167. The van der Waals surface area contributed by atoms with Crippen LogP contribution in [-0.4, -0.2) is 44.2 Å². The standard InChI is InChI=1S/C36H29F2N7O2/c1-20-25(7-5-9-27(20)36-43-30-14-22(19-46)13-24(16-39)32(30)47-36)26-8-6-10-28(21(26)2)41-34-31-29(42-35(44-34)33(37)38)15-23(17-40-31)18-45-11-3-4-12-45/h5-10,13-15,17,19,33H,3-4,11-12,18H2,1-2H3,(H,41,42,44). The van der Waals surface area contributed by atoms with Gasteiger partial charge in [-0.05, 0) is 97.9 Å². The van der Waals surface area contributed by atoms with Crippen LogP contribution >= 0.6 is 0 Å². The van der Waals surface area contributed by atoms with Gasteiger partial charge in [0.05, 0.1) is 11.1 Å². The van der Waals surface area contributed by atoms with Gasteiger partial charge in [0.25, 0.3) is 6.43 Å². The molecule has 234 valence electrons. The van der Waals surface area contributed by atoms with Crippen LogP contribution in [0.3, 0.4) is 0 Å². The molecular weight excluding hydrogens is 600 g/mol. The molecule has 6 aromatic rings. The molecule has 1 fully saturated rings. The van der Waals surface area contributed by atoms with Gasteiger partial charge in [-0.15, -0.1) is 0 Å². The first-order valence-corrected chi connectivity index (χ1v) is 15.3. The highest BCUT2D eigenvalue weighted by Crippen LogP contribution is 2.38. The van der Waals surface area contributed by atoms with Crippen LogP contribution in [0, 0.1) is 25.2 Å². The number of likely N-dealkylation sites (tertiary alicyclic amines) is 1. The van der Waals surface area contributed by atoms with Crippen molar-refractivity contribution in [1.29, 1.82) is 5.26 Å². The molecule has 3 aromatic heterocycles. The summed E-state index contributed by atoms with van der Waals surface area (Å²) in [6.45, 7) is 6.62. The van der Waals surface area contributed by atoms with Crippen LogP contribution in [0.15, 0.2) is 65.2 Å². The van der Waals surface area contributed by atoms with Gasteiger partial charge in [-0.2, -0.15) is 5.26 Å². The third-order valence-corrected chi connectivity index (χ3v) is 8.62. The summed E-state index contributed by atoms with van der Waals surface area (Å²) < 4.78 is 34.0. The van der Waals surface area contributed by atoms with Crippen LogP contribution < -0.4 is 5.32 Å². The van der Waals surface area contributed by atoms with Crippen molar-refractivity contribution in [2.24, 2.45) is 0 Å². The molecule has 1 aliphatic rings. The molecule has 3 aromatic carbocycles. The Bertz CT molecular complexity index is 2220. The van der Waals surface area contributed by atoms with Crippen LogP contribution in [0.4, 0.5) is 20.3 Å². The summed E-state index contributed by atoms with van der Waals surface area (Å²) in [5, 5.41) is 12.9. The lowest BCUT2D eigenvalue weighted by Crippen LogP contribution is -2.18. The second-order valence-electron chi connectivity index (χ2n) is 11.7. The topological polar surface area (TPSA) is 121 Å². The average Bonchev–Trinajstić information content (AvgIpc) is 3.75. The molecule has 0 bridgehead atoms. The number of halogens is 2. The largest absolute Gasteiger partial charge is 0.435 e. The van der Waals surface area contributed by atoms with Crippen molar-refractivity contribution < 1.29 is 18.0 Å². The third kappa shape index (κ3) is 5.68. The minimum Gasteiger partial charge on any atom is -0.435 e. The number of hydrogen-bond acceptors (Lipinski definition) is 9. The molecule has 0 atom stereocenters. The van der Waals surface area contributed by atoms with Crippen molar-refractivity contribution in [3.8, 4) is 28.7 Å². The summed E-state index contributed by atoms with van der Waals surface area (Å²) in [5.41, 5.74) is 7.97. The number of pyridine rings is 1. The summed E-state index contributed by atoms with van der Waals surface area (Å²) in [7, 11) is 0. The Morgan fingerprint density at radius 1 is 0.979 bits per heavy atom. The number of nitrogens with zero attached hydrogens (tertiary/aromatic N) is 6. The Kier molecular flexibility index (Phi) is 7.87. The van der Waals surface area contributed by atoms with Crippen molar-refractivity contribution >= 4 is 39.9 Å². The molecule has 0 aliphatic carbocycles. The highest BCUT2D eigenvalue weighted by atomic mass is 19.3. The van der Waals surface area contributed by atoms with Crippen molar-refractivity contribution in [1.82, 2.24) is 24.8 Å². The molecule has 9 nitrogen and oxygen atoms in total. The number of aromatic nitrogens is 4. The Morgan fingerprint density at radius 3 is 2.47 bits per heavy atom. The number of benzene rings is 3. The molecule has 1 aliphatic heterocycles. The van der Waals surface area contributed by atoms with Crippen molar-refractivity contribution in [3.63, 3.8) is 0 Å². The number of alkyl halides is 2. The number of carbonyl (C=O) groups is 1. The molecule has 11 heteroatoms. The first-order chi connectivity index (χ1) is 22.8. The van der Waals surface area contributed by atoms with Crippen molar-refractivity contribution in [2.45, 2.75) is 39.7 Å². The minimum atomic E-state index is -2.85. The number of oxazole rings is 1. The Morgan fingerprint density at radius 2 is 1.72 bits per heavy atom. The number of aldehydes is 1. The van der Waals surface area contributed by atoms with E-state index in [0.717, 1.165) is 59.3 Å². The number of nitriles is 1. The van der Waals surface area contributed by atoms with Gasteiger partial charge in [0.2, 0.25) is 5.89 Å². The lowest BCUT2D eigenvalue weighted by Gasteiger charge is -2.17. The second kappa shape index (κ2) is 12.3. The molecule has 47 heavy (non-hydrogen) atoms. The van der Waals surface area contributed by atoms with Gasteiger partial charge in [0.15, 0.2) is 17.2 Å². The van der Waals surface area contributed by atoms with E-state index in [0.29, 0.717) is 52.1 Å². The fourth-order valence-corrected chi connectivity index (χ4v) is 6.22. The Balaban J connectivity index is 1.26. The first kappa shape index (κ1) is 30.1. The van der Waals surface area contributed by atoms with Crippen LogP contribution in [0.2, 0.25) is 0 Å². The third-order valence-electron chi connectivity index (χ3n) is 8.62. The predicted octanol–water partition coefficient (Wildman–Crippen LogP) is 8.08. The molecule has 1 saturated heterocycles. The first-order valence-electron chi connectivity index (χ1n) is 15.3. The number of nitrogens with one attached hydrogen (secondary N) is 1. The molecule has 0 spiro atoms. The Hall–Kier alpha value is -5.60. The van der Waals surface area contributed by atoms with Gasteiger partial charge in [0, 0.05) is 29.6 Å². The number of fused-ring (bicyclic) bond motifs is 2. The fourth-order valence-electron chi connectivity index (χ4n) is 6.22. The van der Waals surface area contributed by atoms with E-state index in [-0.39, 0.29) is 11.4 Å². The molecule has 4 heterocycles. The molecular formula is C36H29F2N7O2. The van der Waals surface area contributed by atoms with Gasteiger partial charge in [-0.1, -0.05) is 24.3 Å². The minimum absolute atomic E-state index is 0.207. The second-order valence-corrected chi connectivity index (χ2v) is 11.7. The maximum absolute atomic E-state index is 14.0. The van der Waals surface area contributed by atoms with E-state index < -0.39 is 12.2 Å². The number of hydrogen-bond donors (Lipinski definition) is 1. The summed E-state index contributed by atoms with van der Waals surface area (Å²) in [5.74, 6) is -0.0261. The van der Waals surface area contributed by atoms with E-state index in [1.807, 2.05) is 56.3 Å². The highest BCUT2D eigenvalue weighted by Gasteiger charge is 2.21. The van der Waals surface area contributed by atoms with Gasteiger partial charge < -0.3 is 9.73 Å². The zero-order valence-corrected chi connectivity index (χ0v) is 25.7. The molecule has 0 unspecified atom stereocenters. The average molecular weight is 630 g/mol. The van der Waals surface area contributed by atoms with Gasteiger partial charge >= 0.3 is 0 Å². The lowest BCUT2D eigenvalue weighted by molar-refractivity contribution is 0.112. The normalized spacial score (nSPS) is 13.4. The molecule has 1 N–H and O–H groups in total. The zero-order chi connectivity index (χ0) is 32.7. The van der Waals surface area contributed by atoms with E-state index >= 15 is 0 Å². The van der Waals surface area contributed by atoms with E-state index in [4.69, 9.17) is 4.42 Å². The smallest absolute Gasteiger partial charge is 0.297 e. The Labute approximate surface area is 268 Å². The van der Waals surface area contributed by atoms with Gasteiger partial charge in [-0.25, -0.2) is 23.7 Å². The lowest BCUT2D eigenvalue weighted by atomic mass is 9.93. The van der Waals surface area contributed by atoms with Crippen LogP contribution in [0.5, 0.6) is 0 Å². The number of rotatable bonds is 8. The van der Waals surface area contributed by atoms with Crippen LogP contribution in [0.25, 0.3) is 44.7 Å². The number of carbonyl (C=O) groups excluding carboxylic acids is 1. The summed E-state index contributed by atoms with van der Waals surface area (Å²) in [6, 6.07) is 18.5. The highest BCUT2D eigenvalue weighted by molar-refractivity contribution is 5.91. The maximum atomic E-state index is 14.0. The van der Waals surface area contributed by atoms with Crippen LogP contribution in [0.1, 0.15) is 57.7 Å². The number of anilines is 2. The van der Waals surface area contributed by atoms with E-state index in [2.05, 4.69) is 36.2 Å². The summed E-state index contributed by atoms with van der Waals surface area (Å²) >= 11 is 0. The van der Waals surface area contributed by atoms with E-state index in [9.17, 15) is 18.8 Å². The van der Waals surface area contributed by atoms with Crippen LogP contribution in [-0.2, 0) is 6.54 Å². The SMILES string of the molecule is Cc1c(Nc2nc(C(F)F)nc3cc(CN4CCCC4)cnc23)cccc1-c1cccc(-c2nc3cc(C=O)cc(C#N)c3o2)c1C. The van der Waals surface area contributed by atoms with Crippen molar-refractivity contribution in [2.75, 3.05) is 18.4 Å². The molecule has 0 amide bonds. The zero-order valence-electron chi connectivity index (χ0n) is 25.7. The molecule has 7 rings (SSSR count). The van der Waals surface area contributed by atoms with Gasteiger partial charge in [-0.3, -0.25) is 14.7 Å². The maximum Gasteiger partial charge on any atom is 0.297 e. The van der Waals surface area contributed by atoms with E-state index in [1.54, 1.807) is 12.3 Å². The molecule has 0 saturated carbocycles. The fraction of sp³-hybridized carbons (Fsp3) is 0.222. The predicted molar refractivity (Wildman–Crippen MR) is 175 cm³/mol. The van der Waals surface area contributed by atoms with Gasteiger partial charge in [0.1, 0.15) is 23.4 Å². The monoisotopic (exact) mass is 629 g/mol. The van der Waals surface area contributed by atoms with Crippen molar-refractivity contribution in [3.05, 3.63) is 94.4 Å².